The van der Waals surface area contributed by atoms with E-state index in [2.05, 4.69) is 42.3 Å². The van der Waals surface area contributed by atoms with Gasteiger partial charge in [-0.25, -0.2) is 0 Å². The quantitative estimate of drug-likeness (QED) is 0.819. The zero-order chi connectivity index (χ0) is 14.6. The SMILES string of the molecule is CNC(C)(CCN(C)c1cc(C)cc(C)c1)C(N)=O. The van der Waals surface area contributed by atoms with Gasteiger partial charge < -0.3 is 16.0 Å². The summed E-state index contributed by atoms with van der Waals surface area (Å²) in [7, 11) is 3.80. The van der Waals surface area contributed by atoms with Gasteiger partial charge in [0, 0.05) is 19.3 Å². The number of nitrogens with one attached hydrogen (secondary N) is 1. The van der Waals surface area contributed by atoms with Crippen molar-refractivity contribution in [1.82, 2.24) is 5.32 Å². The van der Waals surface area contributed by atoms with Gasteiger partial charge in [0.2, 0.25) is 5.91 Å². The van der Waals surface area contributed by atoms with E-state index in [1.54, 1.807) is 7.05 Å². The highest BCUT2D eigenvalue weighted by Crippen LogP contribution is 2.19. The van der Waals surface area contributed by atoms with Crippen LogP contribution in [0.2, 0.25) is 0 Å². The minimum absolute atomic E-state index is 0.316. The molecule has 1 atom stereocenters. The molecule has 0 saturated heterocycles. The number of amides is 1. The number of primary amides is 1. The van der Waals surface area contributed by atoms with Crippen molar-refractivity contribution in [2.75, 3.05) is 25.5 Å². The highest BCUT2D eigenvalue weighted by Gasteiger charge is 2.28. The smallest absolute Gasteiger partial charge is 0.237 e. The summed E-state index contributed by atoms with van der Waals surface area (Å²) in [6.45, 7) is 6.78. The lowest BCUT2D eigenvalue weighted by Crippen LogP contribution is -2.53. The molecule has 4 heteroatoms. The van der Waals surface area contributed by atoms with E-state index in [1.807, 2.05) is 14.0 Å². The van der Waals surface area contributed by atoms with E-state index >= 15 is 0 Å². The molecule has 3 N–H and O–H groups in total. The average Bonchev–Trinajstić information content (AvgIpc) is 2.34. The molecule has 0 aliphatic heterocycles. The first-order chi connectivity index (χ1) is 8.78. The maximum absolute atomic E-state index is 11.5. The Morgan fingerprint density at radius 2 is 1.84 bits per heavy atom. The average molecular weight is 263 g/mol. The van der Waals surface area contributed by atoms with Gasteiger partial charge in [-0.3, -0.25) is 4.79 Å². The zero-order valence-electron chi connectivity index (χ0n) is 12.6. The number of likely N-dealkylation sites (N-methyl/N-ethyl adjacent to an activating group) is 1. The summed E-state index contributed by atoms with van der Waals surface area (Å²) in [4.78, 5) is 13.6. The highest BCUT2D eigenvalue weighted by atomic mass is 16.1. The first-order valence-corrected chi connectivity index (χ1v) is 6.57. The summed E-state index contributed by atoms with van der Waals surface area (Å²) in [5.74, 6) is -0.316. The number of anilines is 1. The number of carbonyl (C=O) groups is 1. The van der Waals surface area contributed by atoms with E-state index in [4.69, 9.17) is 5.73 Å². The van der Waals surface area contributed by atoms with E-state index in [0.717, 1.165) is 6.54 Å². The van der Waals surface area contributed by atoms with Crippen LogP contribution in [0.1, 0.15) is 24.5 Å². The van der Waals surface area contributed by atoms with Crippen LogP contribution < -0.4 is 16.0 Å². The molecule has 1 aromatic rings. The standard InChI is InChI=1S/C15H25N3O/c1-11-8-12(2)10-13(9-11)18(5)7-6-15(3,17-4)14(16)19/h8-10,17H,6-7H2,1-5H3,(H2,16,19). The third kappa shape index (κ3) is 3.96. The van der Waals surface area contributed by atoms with Gasteiger partial charge in [0.05, 0.1) is 5.54 Å². The molecule has 0 bridgehead atoms. The van der Waals surface area contributed by atoms with Crippen molar-refractivity contribution in [1.29, 1.82) is 0 Å². The molecule has 1 rings (SSSR count). The molecule has 1 aromatic carbocycles. The maximum Gasteiger partial charge on any atom is 0.237 e. The van der Waals surface area contributed by atoms with Gasteiger partial charge in [0.1, 0.15) is 0 Å². The van der Waals surface area contributed by atoms with Crippen molar-refractivity contribution in [3.8, 4) is 0 Å². The fraction of sp³-hybridized carbons (Fsp3) is 0.533. The third-order valence-corrected chi connectivity index (χ3v) is 3.69. The minimum atomic E-state index is -0.660. The van der Waals surface area contributed by atoms with Gasteiger partial charge in [0.15, 0.2) is 0 Å². The Hall–Kier alpha value is -1.55. The fourth-order valence-corrected chi connectivity index (χ4v) is 2.06. The van der Waals surface area contributed by atoms with Gasteiger partial charge in [-0.2, -0.15) is 0 Å². The summed E-state index contributed by atoms with van der Waals surface area (Å²) in [5, 5.41) is 3.01. The predicted molar refractivity (Wildman–Crippen MR) is 80.5 cm³/mol. The van der Waals surface area contributed by atoms with E-state index in [9.17, 15) is 4.79 Å². The fourth-order valence-electron chi connectivity index (χ4n) is 2.06. The highest BCUT2D eigenvalue weighted by molar-refractivity contribution is 5.84. The second kappa shape index (κ2) is 6.06. The second-order valence-electron chi connectivity index (χ2n) is 5.46. The molecular formula is C15H25N3O. The first-order valence-electron chi connectivity index (χ1n) is 6.57. The summed E-state index contributed by atoms with van der Waals surface area (Å²) >= 11 is 0. The Morgan fingerprint density at radius 1 is 1.32 bits per heavy atom. The molecule has 0 heterocycles. The van der Waals surface area contributed by atoms with Gasteiger partial charge in [-0.05, 0) is 57.5 Å². The maximum atomic E-state index is 11.5. The van der Waals surface area contributed by atoms with Crippen molar-refractivity contribution in [2.45, 2.75) is 32.7 Å². The van der Waals surface area contributed by atoms with E-state index in [0.29, 0.717) is 6.42 Å². The number of nitrogens with zero attached hydrogens (tertiary/aromatic N) is 1. The van der Waals surface area contributed by atoms with Crippen LogP contribution in [0.4, 0.5) is 5.69 Å². The monoisotopic (exact) mass is 263 g/mol. The number of hydrogen-bond donors (Lipinski definition) is 2. The second-order valence-corrected chi connectivity index (χ2v) is 5.46. The van der Waals surface area contributed by atoms with Gasteiger partial charge in [-0.1, -0.05) is 6.07 Å². The lowest BCUT2D eigenvalue weighted by atomic mass is 9.97. The van der Waals surface area contributed by atoms with Crippen LogP contribution in [0.25, 0.3) is 0 Å². The van der Waals surface area contributed by atoms with Crippen molar-refractivity contribution >= 4 is 11.6 Å². The molecule has 0 radical (unpaired) electrons. The van der Waals surface area contributed by atoms with Crippen molar-refractivity contribution in [3.05, 3.63) is 29.3 Å². The van der Waals surface area contributed by atoms with E-state index < -0.39 is 5.54 Å². The van der Waals surface area contributed by atoms with Crippen LogP contribution in [-0.2, 0) is 4.79 Å². The van der Waals surface area contributed by atoms with Crippen LogP contribution in [0.3, 0.4) is 0 Å². The number of rotatable bonds is 6. The van der Waals surface area contributed by atoms with E-state index in [-0.39, 0.29) is 5.91 Å². The van der Waals surface area contributed by atoms with Crippen LogP contribution in [0.15, 0.2) is 18.2 Å². The van der Waals surface area contributed by atoms with Gasteiger partial charge in [0.25, 0.3) is 0 Å². The number of benzene rings is 1. The predicted octanol–water partition coefficient (Wildman–Crippen LogP) is 1.59. The Labute approximate surface area is 116 Å². The van der Waals surface area contributed by atoms with E-state index in [1.165, 1.54) is 16.8 Å². The molecule has 106 valence electrons. The van der Waals surface area contributed by atoms with Crippen molar-refractivity contribution in [3.63, 3.8) is 0 Å². The molecule has 0 aliphatic carbocycles. The summed E-state index contributed by atoms with van der Waals surface area (Å²) in [6, 6.07) is 6.44. The molecule has 0 aliphatic rings. The van der Waals surface area contributed by atoms with Crippen LogP contribution in [0, 0.1) is 13.8 Å². The largest absolute Gasteiger partial charge is 0.374 e. The molecule has 0 saturated carbocycles. The lowest BCUT2D eigenvalue weighted by Gasteiger charge is -2.29. The molecule has 0 fully saturated rings. The molecular weight excluding hydrogens is 238 g/mol. The molecule has 19 heavy (non-hydrogen) atoms. The molecule has 4 nitrogen and oxygen atoms in total. The Bertz CT molecular complexity index is 438. The van der Waals surface area contributed by atoms with Gasteiger partial charge in [-0.15, -0.1) is 0 Å². The molecule has 1 amide bonds. The van der Waals surface area contributed by atoms with Crippen LogP contribution in [-0.4, -0.2) is 32.1 Å². The molecule has 0 spiro atoms. The summed E-state index contributed by atoms with van der Waals surface area (Å²) in [6.07, 6.45) is 0.669. The first kappa shape index (κ1) is 15.5. The molecule has 0 aromatic heterocycles. The zero-order valence-corrected chi connectivity index (χ0v) is 12.6. The van der Waals surface area contributed by atoms with Crippen LogP contribution in [0.5, 0.6) is 0 Å². The number of hydrogen-bond acceptors (Lipinski definition) is 3. The number of aryl methyl sites for hydroxylation is 2. The third-order valence-electron chi connectivity index (χ3n) is 3.69. The number of nitrogens with two attached hydrogens (primary N) is 1. The van der Waals surface area contributed by atoms with Crippen molar-refractivity contribution < 1.29 is 4.79 Å². The van der Waals surface area contributed by atoms with Gasteiger partial charge >= 0.3 is 0 Å². The Balaban J connectivity index is 2.74. The number of carbonyl (C=O) groups excluding carboxylic acids is 1. The Kier molecular flexibility index (Phi) is 4.95. The van der Waals surface area contributed by atoms with Crippen molar-refractivity contribution in [2.24, 2.45) is 5.73 Å². The topological polar surface area (TPSA) is 58.4 Å². The minimum Gasteiger partial charge on any atom is -0.374 e. The molecule has 1 unspecified atom stereocenters. The lowest BCUT2D eigenvalue weighted by molar-refractivity contribution is -0.123. The normalized spacial score (nSPS) is 13.9. The Morgan fingerprint density at radius 3 is 2.26 bits per heavy atom. The summed E-state index contributed by atoms with van der Waals surface area (Å²) < 4.78 is 0. The van der Waals surface area contributed by atoms with Crippen LogP contribution >= 0.6 is 0 Å². The summed E-state index contributed by atoms with van der Waals surface area (Å²) in [5.41, 5.74) is 8.43.